The average molecular weight is 314 g/mol. The predicted octanol–water partition coefficient (Wildman–Crippen LogP) is 3.20. The molecule has 1 aromatic rings. The molecule has 6 heteroatoms. The van der Waals surface area contributed by atoms with Gasteiger partial charge < -0.3 is 9.84 Å². The summed E-state index contributed by atoms with van der Waals surface area (Å²) >= 11 is 5.80. The van der Waals surface area contributed by atoms with Crippen molar-refractivity contribution in [3.8, 4) is 0 Å². The Morgan fingerprint density at radius 2 is 1.81 bits per heavy atom. The Morgan fingerprint density at radius 3 is 2.24 bits per heavy atom. The fourth-order valence-electron chi connectivity index (χ4n) is 1.69. The molecule has 0 bridgehead atoms. The van der Waals surface area contributed by atoms with Gasteiger partial charge >= 0.3 is 12.1 Å². The van der Waals surface area contributed by atoms with Gasteiger partial charge in [0.2, 0.25) is 0 Å². The van der Waals surface area contributed by atoms with E-state index >= 15 is 0 Å². The first-order chi connectivity index (χ1) is 9.60. The van der Waals surface area contributed by atoms with Crippen LogP contribution in [0.2, 0.25) is 5.02 Å². The van der Waals surface area contributed by atoms with E-state index in [1.165, 1.54) is 7.05 Å². The Bertz CT molecular complexity index is 507. The molecule has 1 atom stereocenters. The molecule has 0 unspecified atom stereocenters. The Hall–Kier alpha value is -1.75. The number of amides is 1. The molecule has 0 aliphatic rings. The number of halogens is 1. The number of rotatable bonds is 4. The summed E-state index contributed by atoms with van der Waals surface area (Å²) in [7, 11) is 1.42. The molecular weight excluding hydrogens is 294 g/mol. The van der Waals surface area contributed by atoms with Crippen LogP contribution in [0.4, 0.5) is 4.79 Å². The van der Waals surface area contributed by atoms with Crippen LogP contribution in [0.25, 0.3) is 0 Å². The molecule has 0 fully saturated rings. The minimum Gasteiger partial charge on any atom is -0.480 e. The summed E-state index contributed by atoms with van der Waals surface area (Å²) in [4.78, 5) is 24.5. The van der Waals surface area contributed by atoms with Crippen LogP contribution < -0.4 is 0 Å². The number of hydrogen-bond donors (Lipinski definition) is 1. The van der Waals surface area contributed by atoms with Gasteiger partial charge in [0.15, 0.2) is 0 Å². The molecule has 5 nitrogen and oxygen atoms in total. The predicted molar refractivity (Wildman–Crippen MR) is 80.6 cm³/mol. The maximum Gasteiger partial charge on any atom is 0.410 e. The Labute approximate surface area is 129 Å². The monoisotopic (exact) mass is 313 g/mol. The molecule has 0 heterocycles. The molecule has 116 valence electrons. The molecule has 0 saturated heterocycles. The van der Waals surface area contributed by atoms with Gasteiger partial charge in [0.05, 0.1) is 0 Å². The topological polar surface area (TPSA) is 66.8 Å². The third-order valence-corrected chi connectivity index (χ3v) is 3.03. The lowest BCUT2D eigenvalue weighted by Gasteiger charge is -2.28. The van der Waals surface area contributed by atoms with Crippen molar-refractivity contribution >= 4 is 23.7 Å². The van der Waals surface area contributed by atoms with Gasteiger partial charge in [0, 0.05) is 18.5 Å². The number of aliphatic carboxylic acids is 1. The molecule has 21 heavy (non-hydrogen) atoms. The standard InChI is InChI=1S/C15H20ClNO4/c1-15(2,3)21-14(20)17(4)12(13(18)19)9-10-5-7-11(16)8-6-10/h5-8,12H,9H2,1-4H3,(H,18,19)/t12-/m1/s1. The van der Waals surface area contributed by atoms with Crippen molar-refractivity contribution in [1.82, 2.24) is 4.90 Å². The molecule has 1 rings (SSSR count). The number of ether oxygens (including phenoxy) is 1. The number of likely N-dealkylation sites (N-methyl/N-ethyl adjacent to an activating group) is 1. The van der Waals surface area contributed by atoms with Crippen LogP contribution in [-0.2, 0) is 16.0 Å². The third kappa shape index (κ3) is 5.63. The first-order valence-electron chi connectivity index (χ1n) is 6.53. The Balaban J connectivity index is 2.83. The van der Waals surface area contributed by atoms with Crippen LogP contribution in [0.5, 0.6) is 0 Å². The highest BCUT2D eigenvalue weighted by molar-refractivity contribution is 6.30. The molecular formula is C15H20ClNO4. The highest BCUT2D eigenvalue weighted by Gasteiger charge is 2.30. The quantitative estimate of drug-likeness (QED) is 0.927. The summed E-state index contributed by atoms with van der Waals surface area (Å²) in [5, 5.41) is 9.91. The second-order valence-corrected chi connectivity index (χ2v) is 6.21. The molecule has 0 aromatic heterocycles. The first kappa shape index (κ1) is 17.3. The summed E-state index contributed by atoms with van der Waals surface area (Å²) < 4.78 is 5.19. The van der Waals surface area contributed by atoms with Crippen LogP contribution >= 0.6 is 11.6 Å². The van der Waals surface area contributed by atoms with Gasteiger partial charge in [-0.3, -0.25) is 4.90 Å². The van der Waals surface area contributed by atoms with Crippen molar-refractivity contribution in [3.63, 3.8) is 0 Å². The van der Waals surface area contributed by atoms with Gasteiger partial charge in [-0.2, -0.15) is 0 Å². The smallest absolute Gasteiger partial charge is 0.410 e. The zero-order valence-corrected chi connectivity index (χ0v) is 13.3. The maximum atomic E-state index is 12.0. The molecule has 0 aliphatic heterocycles. The van der Waals surface area contributed by atoms with Crippen molar-refractivity contribution in [3.05, 3.63) is 34.9 Å². The molecule has 0 spiro atoms. The minimum absolute atomic E-state index is 0.183. The molecule has 1 N–H and O–H groups in total. The average Bonchev–Trinajstić information content (AvgIpc) is 2.34. The van der Waals surface area contributed by atoms with E-state index in [2.05, 4.69) is 0 Å². The van der Waals surface area contributed by atoms with Crippen LogP contribution in [-0.4, -0.2) is 40.8 Å². The molecule has 0 radical (unpaired) electrons. The lowest BCUT2D eigenvalue weighted by molar-refractivity contribution is -0.142. The second-order valence-electron chi connectivity index (χ2n) is 5.78. The number of hydrogen-bond acceptors (Lipinski definition) is 3. The molecule has 1 amide bonds. The number of carbonyl (C=O) groups is 2. The number of carbonyl (C=O) groups excluding carboxylic acids is 1. The van der Waals surface area contributed by atoms with Crippen molar-refractivity contribution in [2.45, 2.75) is 38.8 Å². The summed E-state index contributed by atoms with van der Waals surface area (Å²) in [5.74, 6) is -1.08. The third-order valence-electron chi connectivity index (χ3n) is 2.78. The number of carboxylic acids is 1. The maximum absolute atomic E-state index is 12.0. The Morgan fingerprint density at radius 1 is 1.29 bits per heavy atom. The molecule has 1 aromatic carbocycles. The lowest BCUT2D eigenvalue weighted by atomic mass is 10.1. The molecule has 0 aliphatic carbocycles. The summed E-state index contributed by atoms with van der Waals surface area (Å²) in [5.41, 5.74) is 0.108. The van der Waals surface area contributed by atoms with E-state index in [9.17, 15) is 14.7 Å². The lowest BCUT2D eigenvalue weighted by Crippen LogP contribution is -2.46. The molecule has 0 saturated carbocycles. The van der Waals surface area contributed by atoms with Crippen LogP contribution in [0.1, 0.15) is 26.3 Å². The van der Waals surface area contributed by atoms with Gasteiger partial charge in [0.1, 0.15) is 11.6 Å². The van der Waals surface area contributed by atoms with Gasteiger partial charge in [-0.1, -0.05) is 23.7 Å². The van der Waals surface area contributed by atoms with Crippen LogP contribution in [0.3, 0.4) is 0 Å². The van der Waals surface area contributed by atoms with Gasteiger partial charge in [0.25, 0.3) is 0 Å². The van der Waals surface area contributed by atoms with Crippen molar-refractivity contribution < 1.29 is 19.4 Å². The van der Waals surface area contributed by atoms with Crippen LogP contribution in [0, 0.1) is 0 Å². The van der Waals surface area contributed by atoms with E-state index in [-0.39, 0.29) is 6.42 Å². The normalized spacial score (nSPS) is 12.6. The second kappa shape index (κ2) is 6.80. The largest absolute Gasteiger partial charge is 0.480 e. The number of benzene rings is 1. The van der Waals surface area contributed by atoms with E-state index in [1.807, 2.05) is 0 Å². The fourth-order valence-corrected chi connectivity index (χ4v) is 1.82. The highest BCUT2D eigenvalue weighted by atomic mass is 35.5. The highest BCUT2D eigenvalue weighted by Crippen LogP contribution is 2.15. The van der Waals surface area contributed by atoms with E-state index in [0.717, 1.165) is 10.5 Å². The summed E-state index contributed by atoms with van der Waals surface area (Å²) in [6, 6.07) is 5.84. The number of nitrogens with zero attached hydrogens (tertiary/aromatic N) is 1. The van der Waals surface area contributed by atoms with E-state index in [4.69, 9.17) is 16.3 Å². The SMILES string of the molecule is CN(C(=O)OC(C)(C)C)[C@H](Cc1ccc(Cl)cc1)C(=O)O. The first-order valence-corrected chi connectivity index (χ1v) is 6.91. The zero-order chi connectivity index (χ0) is 16.2. The van der Waals surface area contributed by atoms with Crippen LogP contribution in [0.15, 0.2) is 24.3 Å². The van der Waals surface area contributed by atoms with E-state index in [1.54, 1.807) is 45.0 Å². The van der Waals surface area contributed by atoms with Gasteiger partial charge in [-0.25, -0.2) is 9.59 Å². The van der Waals surface area contributed by atoms with Gasteiger partial charge in [-0.15, -0.1) is 0 Å². The van der Waals surface area contributed by atoms with Crippen molar-refractivity contribution in [2.24, 2.45) is 0 Å². The zero-order valence-electron chi connectivity index (χ0n) is 12.6. The van der Waals surface area contributed by atoms with Gasteiger partial charge in [-0.05, 0) is 38.5 Å². The number of carboxylic acid groups (broad SMARTS) is 1. The van der Waals surface area contributed by atoms with Crippen molar-refractivity contribution in [2.75, 3.05) is 7.05 Å². The minimum atomic E-state index is -1.08. The summed E-state index contributed by atoms with van der Waals surface area (Å²) in [6.45, 7) is 5.19. The van der Waals surface area contributed by atoms with Crippen molar-refractivity contribution in [1.29, 1.82) is 0 Å². The van der Waals surface area contributed by atoms with E-state index in [0.29, 0.717) is 5.02 Å². The van der Waals surface area contributed by atoms with E-state index < -0.39 is 23.7 Å². The summed E-state index contributed by atoms with van der Waals surface area (Å²) in [6.07, 6.45) is -0.480. The fraction of sp³-hybridized carbons (Fsp3) is 0.467. The Kier molecular flexibility index (Phi) is 5.61.